The summed E-state index contributed by atoms with van der Waals surface area (Å²) < 4.78 is 15.6. The quantitative estimate of drug-likeness (QED) is 0.348. The normalized spacial score (nSPS) is 17.9. The van der Waals surface area contributed by atoms with Crippen molar-refractivity contribution < 1.29 is 14.3 Å². The number of nitriles is 1. The Hall–Kier alpha value is -4.12. The molecule has 1 N–H and O–H groups in total. The van der Waals surface area contributed by atoms with Gasteiger partial charge in [0.15, 0.2) is 10.8 Å². The lowest BCUT2D eigenvalue weighted by Crippen LogP contribution is -2.57. The molecule has 5 heterocycles. The number of rotatable bonds is 7. The topological polar surface area (TPSA) is 118 Å². The Morgan fingerprint density at radius 2 is 1.93 bits per heavy atom. The van der Waals surface area contributed by atoms with E-state index >= 15 is 0 Å². The number of carbonyl (C=O) groups is 1. The van der Waals surface area contributed by atoms with Gasteiger partial charge in [-0.15, -0.1) is 0 Å². The van der Waals surface area contributed by atoms with Gasteiger partial charge in [0.2, 0.25) is 5.91 Å². The number of carbonyl (C=O) groups excluding carboxylic acids is 1. The minimum absolute atomic E-state index is 0.0707. The van der Waals surface area contributed by atoms with E-state index in [1.807, 2.05) is 22.8 Å². The first-order chi connectivity index (χ1) is 20.4. The molecule has 1 aromatic carbocycles. The number of aliphatic hydroxyl groups excluding tert-OH is 1. The van der Waals surface area contributed by atoms with Crippen molar-refractivity contribution in [3.63, 3.8) is 0 Å². The van der Waals surface area contributed by atoms with Gasteiger partial charge >= 0.3 is 0 Å². The minimum atomic E-state index is -0.387. The van der Waals surface area contributed by atoms with Gasteiger partial charge in [0.05, 0.1) is 36.0 Å². The molecule has 1 amide bonds. The number of fused-ring (bicyclic) bond motifs is 1. The van der Waals surface area contributed by atoms with Crippen molar-refractivity contribution in [2.75, 3.05) is 62.7 Å². The number of benzene rings is 1. The molecule has 1 aliphatic carbocycles. The highest BCUT2D eigenvalue weighted by Crippen LogP contribution is 2.44. The number of aromatic nitrogens is 4. The standard InChI is InChI=1S/C29H30FN9O2S/c1-35(29-33-26(24(13-31)42-29)18-2-4-19(30)5-3-18)28-23-12-21(14-32-27(23)34-39(28)20-6-7-20)37-10-8-36(9-11-37)17-25(41)38-15-22(40)16-38/h2-5,12,14,20,22,40H,6-11,15-17H2,1H3. The number of piperazine rings is 1. The van der Waals surface area contributed by atoms with Crippen LogP contribution in [-0.2, 0) is 4.79 Å². The first-order valence-electron chi connectivity index (χ1n) is 14.1. The van der Waals surface area contributed by atoms with Gasteiger partial charge in [0, 0.05) is 51.9 Å². The van der Waals surface area contributed by atoms with E-state index in [1.165, 1.54) is 23.5 Å². The summed E-state index contributed by atoms with van der Waals surface area (Å²) in [5, 5.41) is 25.7. The molecular formula is C29H30FN9O2S. The molecule has 42 heavy (non-hydrogen) atoms. The molecule has 216 valence electrons. The zero-order chi connectivity index (χ0) is 29.0. The van der Waals surface area contributed by atoms with E-state index in [0.29, 0.717) is 52.6 Å². The van der Waals surface area contributed by atoms with E-state index in [0.717, 1.165) is 55.9 Å². The Bertz CT molecular complexity index is 1680. The lowest BCUT2D eigenvalue weighted by Gasteiger charge is -2.39. The number of β-amino-alcohol motifs (C(OH)–C–C–N with tert-alkyl or cyclic N) is 1. The predicted molar refractivity (Wildman–Crippen MR) is 157 cm³/mol. The molecule has 1 saturated carbocycles. The monoisotopic (exact) mass is 587 g/mol. The maximum absolute atomic E-state index is 13.5. The van der Waals surface area contributed by atoms with Gasteiger partial charge in [-0.2, -0.15) is 10.4 Å². The van der Waals surface area contributed by atoms with Crippen molar-refractivity contribution in [2.45, 2.75) is 25.0 Å². The number of nitrogens with zero attached hydrogens (tertiary/aromatic N) is 9. The first kappa shape index (κ1) is 26.8. The Kier molecular flexibility index (Phi) is 6.76. The van der Waals surface area contributed by atoms with Gasteiger partial charge in [-0.3, -0.25) is 9.69 Å². The number of pyridine rings is 1. The van der Waals surface area contributed by atoms with Gasteiger partial charge in [-0.05, 0) is 43.2 Å². The number of amides is 1. The molecule has 0 atom stereocenters. The Balaban J connectivity index is 1.15. The SMILES string of the molecule is CN(c1nc(-c2ccc(F)cc2)c(C#N)s1)c1c2cc(N3CCN(CC(=O)N4CC(O)C4)CC3)cnc2nn1C1CC1. The third-order valence-corrected chi connectivity index (χ3v) is 9.19. The Labute approximate surface area is 246 Å². The maximum Gasteiger partial charge on any atom is 0.236 e. The second-order valence-electron chi connectivity index (χ2n) is 11.1. The highest BCUT2D eigenvalue weighted by atomic mass is 32.1. The number of anilines is 3. The Morgan fingerprint density at radius 1 is 1.19 bits per heavy atom. The molecule has 0 spiro atoms. The Morgan fingerprint density at radius 3 is 2.60 bits per heavy atom. The van der Waals surface area contributed by atoms with Gasteiger partial charge in [-0.25, -0.2) is 19.0 Å². The predicted octanol–water partition coefficient (Wildman–Crippen LogP) is 2.99. The molecule has 11 nitrogen and oxygen atoms in total. The molecule has 3 aliphatic rings. The number of likely N-dealkylation sites (tertiary alicyclic amines) is 1. The molecular weight excluding hydrogens is 557 g/mol. The van der Waals surface area contributed by atoms with Gasteiger partial charge in [0.1, 0.15) is 28.3 Å². The van der Waals surface area contributed by atoms with Crippen LogP contribution in [0.4, 0.5) is 21.0 Å². The van der Waals surface area contributed by atoms with Gasteiger partial charge in [-0.1, -0.05) is 11.3 Å². The third kappa shape index (κ3) is 4.95. The summed E-state index contributed by atoms with van der Waals surface area (Å²) in [6.45, 7) is 4.30. The summed E-state index contributed by atoms with van der Waals surface area (Å²) in [5.41, 5.74) is 2.88. The van der Waals surface area contributed by atoms with Crippen molar-refractivity contribution in [2.24, 2.45) is 0 Å². The fourth-order valence-corrected chi connectivity index (χ4v) is 6.43. The fraction of sp³-hybridized carbons (Fsp3) is 0.414. The largest absolute Gasteiger partial charge is 0.389 e. The van der Waals surface area contributed by atoms with Crippen LogP contribution in [0, 0.1) is 17.1 Å². The summed E-state index contributed by atoms with van der Waals surface area (Å²) in [4.78, 5) is 30.6. The van der Waals surface area contributed by atoms with Gasteiger partial charge < -0.3 is 19.8 Å². The number of thiazole rings is 1. The van der Waals surface area contributed by atoms with Crippen LogP contribution in [0.5, 0.6) is 0 Å². The van der Waals surface area contributed by atoms with Gasteiger partial charge in [0.25, 0.3) is 0 Å². The number of hydrogen-bond donors (Lipinski definition) is 1. The van der Waals surface area contributed by atoms with Crippen molar-refractivity contribution in [1.29, 1.82) is 5.26 Å². The van der Waals surface area contributed by atoms with Crippen molar-refractivity contribution in [3.05, 3.63) is 47.2 Å². The summed E-state index contributed by atoms with van der Waals surface area (Å²) in [6, 6.07) is 10.7. The molecule has 2 saturated heterocycles. The molecule has 7 rings (SSSR count). The van der Waals surface area contributed by atoms with Crippen LogP contribution in [0.2, 0.25) is 0 Å². The van der Waals surface area contributed by atoms with E-state index < -0.39 is 0 Å². The second-order valence-corrected chi connectivity index (χ2v) is 12.1. The molecule has 0 unspecified atom stereocenters. The van der Waals surface area contributed by atoms with E-state index in [9.17, 15) is 19.6 Å². The highest BCUT2D eigenvalue weighted by Gasteiger charge is 2.33. The zero-order valence-corrected chi connectivity index (χ0v) is 24.0. The average Bonchev–Trinajstić information content (AvgIpc) is 3.62. The van der Waals surface area contributed by atoms with E-state index in [-0.39, 0.29) is 17.8 Å². The van der Waals surface area contributed by atoms with E-state index in [1.54, 1.807) is 17.0 Å². The molecule has 13 heteroatoms. The fourth-order valence-electron chi connectivity index (χ4n) is 5.58. The zero-order valence-electron chi connectivity index (χ0n) is 23.1. The molecule has 0 radical (unpaired) electrons. The molecule has 3 fully saturated rings. The van der Waals surface area contributed by atoms with Crippen LogP contribution in [0.3, 0.4) is 0 Å². The third-order valence-electron chi connectivity index (χ3n) is 8.16. The van der Waals surface area contributed by atoms with Crippen LogP contribution in [-0.4, -0.2) is 99.5 Å². The van der Waals surface area contributed by atoms with Crippen molar-refractivity contribution >= 4 is 44.9 Å². The first-order valence-corrected chi connectivity index (χ1v) is 14.9. The van der Waals surface area contributed by atoms with Crippen molar-refractivity contribution in [1.82, 2.24) is 29.5 Å². The second kappa shape index (κ2) is 10.6. The molecule has 4 aromatic rings. The van der Waals surface area contributed by atoms with Crippen LogP contribution in [0.1, 0.15) is 23.8 Å². The highest BCUT2D eigenvalue weighted by molar-refractivity contribution is 7.16. The average molecular weight is 588 g/mol. The van der Waals surface area contributed by atoms with Crippen LogP contribution in [0.25, 0.3) is 22.3 Å². The van der Waals surface area contributed by atoms with Crippen molar-refractivity contribution in [3.8, 4) is 17.3 Å². The van der Waals surface area contributed by atoms with Crippen LogP contribution < -0.4 is 9.80 Å². The smallest absolute Gasteiger partial charge is 0.236 e. The lowest BCUT2D eigenvalue weighted by molar-refractivity contribution is -0.142. The maximum atomic E-state index is 13.5. The molecule has 2 aliphatic heterocycles. The number of hydrogen-bond acceptors (Lipinski definition) is 10. The summed E-state index contributed by atoms with van der Waals surface area (Å²) >= 11 is 1.30. The minimum Gasteiger partial charge on any atom is -0.389 e. The summed E-state index contributed by atoms with van der Waals surface area (Å²) in [5.74, 6) is 0.614. The van der Waals surface area contributed by atoms with Crippen LogP contribution >= 0.6 is 11.3 Å². The molecule has 0 bridgehead atoms. The number of aliphatic hydroxyl groups is 1. The lowest BCUT2D eigenvalue weighted by atomic mass is 10.1. The van der Waals surface area contributed by atoms with E-state index in [2.05, 4.69) is 21.9 Å². The van der Waals surface area contributed by atoms with Crippen LogP contribution in [0.15, 0.2) is 36.5 Å². The summed E-state index contributed by atoms with van der Waals surface area (Å²) in [7, 11) is 1.93. The van der Waals surface area contributed by atoms with E-state index in [4.69, 9.17) is 15.1 Å². The molecule has 3 aromatic heterocycles. The summed E-state index contributed by atoms with van der Waals surface area (Å²) in [6.07, 6.45) is 3.56. The number of halogens is 1.